The van der Waals surface area contributed by atoms with E-state index in [-0.39, 0.29) is 48.6 Å². The van der Waals surface area contributed by atoms with Gasteiger partial charge in [0.2, 0.25) is 5.91 Å². The Morgan fingerprint density at radius 1 is 1.26 bits per heavy atom. The molecule has 0 aromatic heterocycles. The quantitative estimate of drug-likeness (QED) is 0.182. The summed E-state index contributed by atoms with van der Waals surface area (Å²) in [6, 6.07) is 5.82. The lowest BCUT2D eigenvalue weighted by atomic mass is 10.1. The van der Waals surface area contributed by atoms with Crippen LogP contribution in [-0.2, 0) is 11.3 Å². The zero-order chi connectivity index (χ0) is 22.1. The number of hydrogen-bond acceptors (Lipinski definition) is 4. The monoisotopic (exact) mass is 545 g/mol. The maximum absolute atomic E-state index is 11.7. The van der Waals surface area contributed by atoms with Crippen molar-refractivity contribution in [1.29, 1.82) is 0 Å². The third-order valence-corrected chi connectivity index (χ3v) is 4.67. The lowest BCUT2D eigenvalue weighted by Crippen LogP contribution is -2.43. The Balaban J connectivity index is 0.00000480. The molecule has 1 aromatic carbocycles. The summed E-state index contributed by atoms with van der Waals surface area (Å²) in [4.78, 5) is 29.2. The fourth-order valence-electron chi connectivity index (χ4n) is 3.30. The lowest BCUT2D eigenvalue weighted by Gasteiger charge is -2.19. The van der Waals surface area contributed by atoms with Gasteiger partial charge in [-0.15, -0.1) is 24.0 Å². The average Bonchev–Trinajstić information content (AvgIpc) is 2.98. The molecule has 1 aliphatic heterocycles. The van der Waals surface area contributed by atoms with Crippen LogP contribution in [0.1, 0.15) is 45.2 Å². The first kappa shape index (κ1) is 27.0. The molecule has 1 heterocycles. The van der Waals surface area contributed by atoms with Gasteiger partial charge in [0.05, 0.1) is 19.2 Å². The molecule has 2 rings (SSSR count). The van der Waals surface area contributed by atoms with Crippen molar-refractivity contribution < 1.29 is 14.3 Å². The fraction of sp³-hybridized carbons (Fsp3) is 0.591. The molecule has 1 fully saturated rings. The van der Waals surface area contributed by atoms with Gasteiger partial charge in [-0.05, 0) is 44.7 Å². The smallest absolute Gasteiger partial charge is 0.324 e. The number of guanidine groups is 1. The summed E-state index contributed by atoms with van der Waals surface area (Å²) in [6.07, 6.45) is 1.12. The SMILES string of the molecule is CCNC(=NCc1ccc(C)cc1OC(C)CC(C)C)NCCN1C(=O)CNC1=O.I. The minimum Gasteiger partial charge on any atom is -0.490 e. The Morgan fingerprint density at radius 3 is 2.61 bits per heavy atom. The van der Waals surface area contributed by atoms with E-state index in [1.165, 1.54) is 4.90 Å². The van der Waals surface area contributed by atoms with Gasteiger partial charge in [-0.2, -0.15) is 0 Å². The van der Waals surface area contributed by atoms with Crippen molar-refractivity contribution in [2.45, 2.75) is 53.7 Å². The van der Waals surface area contributed by atoms with E-state index in [1.54, 1.807) is 0 Å². The largest absolute Gasteiger partial charge is 0.490 e. The third kappa shape index (κ3) is 8.92. The van der Waals surface area contributed by atoms with Crippen molar-refractivity contribution in [1.82, 2.24) is 20.9 Å². The average molecular weight is 545 g/mol. The van der Waals surface area contributed by atoms with Crippen molar-refractivity contribution in [3.05, 3.63) is 29.3 Å². The minimum atomic E-state index is -0.347. The Kier molecular flexibility index (Phi) is 11.7. The van der Waals surface area contributed by atoms with Crippen LogP contribution >= 0.6 is 24.0 Å². The molecular formula is C22H36IN5O3. The van der Waals surface area contributed by atoms with Gasteiger partial charge in [-0.3, -0.25) is 9.69 Å². The molecule has 0 bridgehead atoms. The number of benzene rings is 1. The Labute approximate surface area is 202 Å². The van der Waals surface area contributed by atoms with Gasteiger partial charge in [0.25, 0.3) is 0 Å². The number of aryl methyl sites for hydroxylation is 1. The van der Waals surface area contributed by atoms with Crippen molar-refractivity contribution in [3.63, 3.8) is 0 Å². The number of nitrogens with one attached hydrogen (secondary N) is 3. The summed E-state index contributed by atoms with van der Waals surface area (Å²) in [5.41, 5.74) is 2.16. The van der Waals surface area contributed by atoms with Gasteiger partial charge in [-0.25, -0.2) is 9.79 Å². The molecule has 1 unspecified atom stereocenters. The van der Waals surface area contributed by atoms with Crippen molar-refractivity contribution in [2.24, 2.45) is 10.9 Å². The number of ether oxygens (including phenoxy) is 1. The van der Waals surface area contributed by atoms with Crippen LogP contribution in [0.5, 0.6) is 5.75 Å². The molecule has 174 valence electrons. The second-order valence-electron chi connectivity index (χ2n) is 8.00. The van der Waals surface area contributed by atoms with E-state index in [0.29, 0.717) is 38.1 Å². The summed E-state index contributed by atoms with van der Waals surface area (Å²) < 4.78 is 6.20. The lowest BCUT2D eigenvalue weighted by molar-refractivity contribution is -0.124. The zero-order valence-corrected chi connectivity index (χ0v) is 21.5. The number of amides is 3. The molecule has 3 amide bonds. The number of carbonyl (C=O) groups excluding carboxylic acids is 2. The maximum Gasteiger partial charge on any atom is 0.324 e. The highest BCUT2D eigenvalue weighted by Gasteiger charge is 2.27. The van der Waals surface area contributed by atoms with E-state index in [9.17, 15) is 9.59 Å². The molecule has 31 heavy (non-hydrogen) atoms. The van der Waals surface area contributed by atoms with Gasteiger partial charge >= 0.3 is 6.03 Å². The predicted octanol–water partition coefficient (Wildman–Crippen LogP) is 3.03. The molecule has 0 aliphatic carbocycles. The van der Waals surface area contributed by atoms with Gasteiger partial charge in [0, 0.05) is 25.2 Å². The highest BCUT2D eigenvalue weighted by atomic mass is 127. The third-order valence-electron chi connectivity index (χ3n) is 4.67. The second kappa shape index (κ2) is 13.4. The van der Waals surface area contributed by atoms with Crippen LogP contribution in [0.15, 0.2) is 23.2 Å². The topological polar surface area (TPSA) is 95.1 Å². The van der Waals surface area contributed by atoms with Gasteiger partial charge in [0.1, 0.15) is 5.75 Å². The molecule has 9 heteroatoms. The van der Waals surface area contributed by atoms with Gasteiger partial charge in [0.15, 0.2) is 5.96 Å². The molecule has 1 aliphatic rings. The molecule has 1 atom stereocenters. The summed E-state index contributed by atoms with van der Waals surface area (Å²) >= 11 is 0. The first-order chi connectivity index (χ1) is 14.3. The van der Waals surface area contributed by atoms with Crippen LogP contribution in [0.3, 0.4) is 0 Å². The molecule has 1 aromatic rings. The number of hydrogen-bond donors (Lipinski definition) is 3. The number of rotatable bonds is 10. The summed E-state index contributed by atoms with van der Waals surface area (Å²) in [5, 5.41) is 8.89. The molecule has 1 saturated heterocycles. The van der Waals surface area contributed by atoms with E-state index < -0.39 is 0 Å². The number of halogens is 1. The van der Waals surface area contributed by atoms with Crippen molar-refractivity contribution in [2.75, 3.05) is 26.2 Å². The van der Waals surface area contributed by atoms with Crippen molar-refractivity contribution in [3.8, 4) is 5.75 Å². The number of imide groups is 1. The minimum absolute atomic E-state index is 0. The normalized spacial score (nSPS) is 14.9. The zero-order valence-electron chi connectivity index (χ0n) is 19.2. The standard InChI is InChI=1S/C22H35N5O3.HI/c1-6-23-21(24-9-10-27-20(28)14-26-22(27)29)25-13-18-8-7-16(4)12-19(18)30-17(5)11-15(2)3;/h7-8,12,15,17H,6,9-11,13-14H2,1-5H3,(H,26,29)(H2,23,24,25);1H. The molecular weight excluding hydrogens is 509 g/mol. The van der Waals surface area contributed by atoms with E-state index in [2.05, 4.69) is 60.8 Å². The van der Waals surface area contributed by atoms with Crippen LogP contribution in [0.25, 0.3) is 0 Å². The van der Waals surface area contributed by atoms with E-state index in [0.717, 1.165) is 23.3 Å². The second-order valence-corrected chi connectivity index (χ2v) is 8.00. The Bertz CT molecular complexity index is 754. The van der Waals surface area contributed by atoms with Crippen LogP contribution < -0.4 is 20.7 Å². The van der Waals surface area contributed by atoms with Gasteiger partial charge in [-0.1, -0.05) is 26.0 Å². The molecule has 0 spiro atoms. The summed E-state index contributed by atoms with van der Waals surface area (Å²) in [5.74, 6) is 1.86. The van der Waals surface area contributed by atoms with Crippen LogP contribution in [0, 0.1) is 12.8 Å². The Hall–Kier alpha value is -2.04. The molecule has 3 N–H and O–H groups in total. The van der Waals surface area contributed by atoms with E-state index >= 15 is 0 Å². The number of urea groups is 1. The van der Waals surface area contributed by atoms with Crippen LogP contribution in [0.4, 0.5) is 4.79 Å². The van der Waals surface area contributed by atoms with Crippen LogP contribution in [-0.4, -0.2) is 55.1 Å². The number of carbonyl (C=O) groups is 2. The number of nitrogens with zero attached hydrogens (tertiary/aromatic N) is 2. The van der Waals surface area contributed by atoms with E-state index in [4.69, 9.17) is 4.74 Å². The molecule has 0 saturated carbocycles. The van der Waals surface area contributed by atoms with E-state index in [1.807, 2.05) is 13.0 Å². The van der Waals surface area contributed by atoms with Gasteiger partial charge < -0.3 is 20.7 Å². The number of aliphatic imine (C=N–C) groups is 1. The first-order valence-electron chi connectivity index (χ1n) is 10.7. The maximum atomic E-state index is 11.7. The highest BCUT2D eigenvalue weighted by Crippen LogP contribution is 2.24. The predicted molar refractivity (Wildman–Crippen MR) is 134 cm³/mol. The summed E-state index contributed by atoms with van der Waals surface area (Å²) in [6.45, 7) is 12.5. The van der Waals surface area contributed by atoms with Crippen molar-refractivity contribution >= 4 is 41.9 Å². The molecule has 0 radical (unpaired) electrons. The highest BCUT2D eigenvalue weighted by molar-refractivity contribution is 14.0. The first-order valence-corrected chi connectivity index (χ1v) is 10.7. The summed E-state index contributed by atoms with van der Waals surface area (Å²) in [7, 11) is 0. The van der Waals surface area contributed by atoms with Crippen LogP contribution in [0.2, 0.25) is 0 Å². The Morgan fingerprint density at radius 2 is 2.00 bits per heavy atom. The fourth-order valence-corrected chi connectivity index (χ4v) is 3.30. The molecule has 8 nitrogen and oxygen atoms in total.